The van der Waals surface area contributed by atoms with Crippen LogP contribution in [0.5, 0.6) is 0 Å². The second kappa shape index (κ2) is 9.97. The number of aliphatic imine (C=N–C) groups is 1. The number of rotatable bonds is 7. The van der Waals surface area contributed by atoms with E-state index >= 15 is 0 Å². The number of hydrogen-bond donors (Lipinski definition) is 2. The minimum atomic E-state index is -0.0183. The van der Waals surface area contributed by atoms with E-state index in [0.717, 1.165) is 19.5 Å². The molecular weight excluding hydrogens is 326 g/mol. The fourth-order valence-corrected chi connectivity index (χ4v) is 3.04. The van der Waals surface area contributed by atoms with Crippen LogP contribution in [0, 0.1) is 0 Å². The van der Waals surface area contributed by atoms with Gasteiger partial charge in [-0.25, -0.2) is 4.99 Å². The predicted octanol–water partition coefficient (Wildman–Crippen LogP) is 1.46. The van der Waals surface area contributed by atoms with E-state index < -0.39 is 0 Å². The molecule has 1 saturated heterocycles. The van der Waals surface area contributed by atoms with E-state index in [2.05, 4.69) is 58.3 Å². The van der Waals surface area contributed by atoms with Crippen molar-refractivity contribution in [2.75, 3.05) is 33.7 Å². The number of hydrogen-bond acceptors (Lipinski definition) is 3. The standard InChI is InChI=1S/C20H31N5O/c1-5-11-21-20(22-13-19(26)24(3)4)23-18-12-16(2)25(15-18)14-17-9-7-6-8-10-17/h5-10,16,18H,1,11-15H2,2-4H3,(H2,21,22,23). The quantitative estimate of drug-likeness (QED) is 0.441. The lowest BCUT2D eigenvalue weighted by atomic mass is 10.2. The summed E-state index contributed by atoms with van der Waals surface area (Å²) in [6.45, 7) is 8.63. The number of carbonyl (C=O) groups excluding carboxylic acids is 1. The van der Waals surface area contributed by atoms with Gasteiger partial charge in [0.15, 0.2) is 5.96 Å². The molecule has 0 spiro atoms. The third-order valence-corrected chi connectivity index (χ3v) is 4.56. The Labute approximate surface area is 157 Å². The minimum absolute atomic E-state index is 0.0183. The number of guanidine groups is 1. The van der Waals surface area contributed by atoms with Gasteiger partial charge in [-0.05, 0) is 18.9 Å². The van der Waals surface area contributed by atoms with Crippen LogP contribution in [0.3, 0.4) is 0 Å². The number of amides is 1. The smallest absolute Gasteiger partial charge is 0.243 e. The minimum Gasteiger partial charge on any atom is -0.353 e. The Bertz CT molecular complexity index is 614. The van der Waals surface area contributed by atoms with Crippen molar-refractivity contribution in [3.63, 3.8) is 0 Å². The SMILES string of the molecule is C=CCNC(=NCC(=O)N(C)C)NC1CC(C)N(Cc2ccccc2)C1. The van der Waals surface area contributed by atoms with Gasteiger partial charge >= 0.3 is 0 Å². The van der Waals surface area contributed by atoms with Gasteiger partial charge in [0.05, 0.1) is 0 Å². The summed E-state index contributed by atoms with van der Waals surface area (Å²) in [6.07, 6.45) is 2.83. The summed E-state index contributed by atoms with van der Waals surface area (Å²) in [6, 6.07) is 11.3. The molecule has 2 rings (SSSR count). The average Bonchev–Trinajstić information content (AvgIpc) is 2.96. The first-order valence-corrected chi connectivity index (χ1v) is 9.13. The van der Waals surface area contributed by atoms with E-state index in [-0.39, 0.29) is 12.5 Å². The Hall–Kier alpha value is -2.34. The molecule has 1 aliphatic rings. The van der Waals surface area contributed by atoms with Gasteiger partial charge in [-0.3, -0.25) is 9.69 Å². The van der Waals surface area contributed by atoms with E-state index in [1.165, 1.54) is 5.56 Å². The van der Waals surface area contributed by atoms with Crippen LogP contribution in [0.4, 0.5) is 0 Å². The van der Waals surface area contributed by atoms with Crippen molar-refractivity contribution in [2.45, 2.75) is 32.0 Å². The van der Waals surface area contributed by atoms with Crippen LogP contribution in [-0.4, -0.2) is 67.5 Å². The largest absolute Gasteiger partial charge is 0.353 e. The third-order valence-electron chi connectivity index (χ3n) is 4.56. The first kappa shape index (κ1) is 20.0. The lowest BCUT2D eigenvalue weighted by Gasteiger charge is -2.21. The van der Waals surface area contributed by atoms with Crippen LogP contribution in [0.15, 0.2) is 48.0 Å². The Balaban J connectivity index is 1.94. The molecule has 0 bridgehead atoms. The van der Waals surface area contributed by atoms with Crippen LogP contribution in [-0.2, 0) is 11.3 Å². The van der Waals surface area contributed by atoms with Crippen LogP contribution in [0.25, 0.3) is 0 Å². The number of benzene rings is 1. The Morgan fingerprint density at radius 1 is 1.38 bits per heavy atom. The fourth-order valence-electron chi connectivity index (χ4n) is 3.04. The molecular formula is C20H31N5O. The van der Waals surface area contributed by atoms with E-state index in [4.69, 9.17) is 0 Å². The summed E-state index contributed by atoms with van der Waals surface area (Å²) in [7, 11) is 3.48. The molecule has 1 aromatic carbocycles. The molecule has 0 saturated carbocycles. The normalized spacial score (nSPS) is 20.7. The second-order valence-corrected chi connectivity index (χ2v) is 6.96. The topological polar surface area (TPSA) is 60.0 Å². The van der Waals surface area contributed by atoms with Gasteiger partial charge in [0, 0.05) is 45.8 Å². The number of likely N-dealkylation sites (tertiary alicyclic amines) is 1. The van der Waals surface area contributed by atoms with Gasteiger partial charge in [0.25, 0.3) is 0 Å². The number of likely N-dealkylation sites (N-methyl/N-ethyl adjacent to an activating group) is 1. The average molecular weight is 358 g/mol. The third kappa shape index (κ3) is 6.19. The van der Waals surface area contributed by atoms with Crippen molar-refractivity contribution in [1.82, 2.24) is 20.4 Å². The summed E-state index contributed by atoms with van der Waals surface area (Å²) in [5.74, 6) is 0.647. The molecule has 142 valence electrons. The predicted molar refractivity (Wildman–Crippen MR) is 107 cm³/mol. The molecule has 1 aromatic rings. The highest BCUT2D eigenvalue weighted by Crippen LogP contribution is 2.20. The van der Waals surface area contributed by atoms with Crippen molar-refractivity contribution in [2.24, 2.45) is 4.99 Å². The monoisotopic (exact) mass is 357 g/mol. The molecule has 26 heavy (non-hydrogen) atoms. The Kier molecular flexibility index (Phi) is 7.66. The zero-order valence-corrected chi connectivity index (χ0v) is 16.1. The highest BCUT2D eigenvalue weighted by molar-refractivity contribution is 5.85. The van der Waals surface area contributed by atoms with Crippen molar-refractivity contribution in [3.05, 3.63) is 48.6 Å². The van der Waals surface area contributed by atoms with Crippen LogP contribution < -0.4 is 10.6 Å². The van der Waals surface area contributed by atoms with E-state index in [1.807, 2.05) is 6.07 Å². The van der Waals surface area contributed by atoms with Gasteiger partial charge in [-0.2, -0.15) is 0 Å². The van der Waals surface area contributed by atoms with Gasteiger partial charge in [-0.1, -0.05) is 36.4 Å². The molecule has 1 heterocycles. The first-order chi connectivity index (χ1) is 12.5. The van der Waals surface area contributed by atoms with E-state index in [0.29, 0.717) is 24.6 Å². The van der Waals surface area contributed by atoms with Gasteiger partial charge in [0.2, 0.25) is 5.91 Å². The van der Waals surface area contributed by atoms with Crippen LogP contribution >= 0.6 is 0 Å². The lowest BCUT2D eigenvalue weighted by Crippen LogP contribution is -2.45. The number of carbonyl (C=O) groups is 1. The molecule has 1 aliphatic heterocycles. The maximum Gasteiger partial charge on any atom is 0.243 e. The van der Waals surface area contributed by atoms with Gasteiger partial charge < -0.3 is 15.5 Å². The fraction of sp³-hybridized carbons (Fsp3) is 0.500. The van der Waals surface area contributed by atoms with Gasteiger partial charge in [-0.15, -0.1) is 6.58 Å². The highest BCUT2D eigenvalue weighted by Gasteiger charge is 2.29. The van der Waals surface area contributed by atoms with E-state index in [9.17, 15) is 4.79 Å². The maximum absolute atomic E-state index is 11.8. The molecule has 1 amide bonds. The highest BCUT2D eigenvalue weighted by atomic mass is 16.2. The van der Waals surface area contributed by atoms with Crippen molar-refractivity contribution < 1.29 is 4.79 Å². The van der Waals surface area contributed by atoms with Crippen molar-refractivity contribution in [3.8, 4) is 0 Å². The second-order valence-electron chi connectivity index (χ2n) is 6.96. The number of nitrogens with zero attached hydrogens (tertiary/aromatic N) is 3. The summed E-state index contributed by atoms with van der Waals surface area (Å²) in [5, 5.41) is 6.67. The Morgan fingerprint density at radius 2 is 2.12 bits per heavy atom. The van der Waals surface area contributed by atoms with Crippen LogP contribution in [0.1, 0.15) is 18.9 Å². The molecule has 1 fully saturated rings. The first-order valence-electron chi connectivity index (χ1n) is 9.13. The molecule has 6 nitrogen and oxygen atoms in total. The number of nitrogens with one attached hydrogen (secondary N) is 2. The molecule has 6 heteroatoms. The molecule has 0 aliphatic carbocycles. The molecule has 0 aromatic heterocycles. The molecule has 2 unspecified atom stereocenters. The summed E-state index contributed by atoms with van der Waals surface area (Å²) >= 11 is 0. The summed E-state index contributed by atoms with van der Waals surface area (Å²) < 4.78 is 0. The lowest BCUT2D eigenvalue weighted by molar-refractivity contribution is -0.127. The summed E-state index contributed by atoms with van der Waals surface area (Å²) in [4.78, 5) is 20.2. The van der Waals surface area contributed by atoms with Crippen molar-refractivity contribution >= 4 is 11.9 Å². The molecule has 2 N–H and O–H groups in total. The maximum atomic E-state index is 11.8. The van der Waals surface area contributed by atoms with Crippen LogP contribution in [0.2, 0.25) is 0 Å². The van der Waals surface area contributed by atoms with E-state index in [1.54, 1.807) is 25.1 Å². The van der Waals surface area contributed by atoms with Gasteiger partial charge in [0.1, 0.15) is 6.54 Å². The molecule has 2 atom stereocenters. The Morgan fingerprint density at radius 3 is 2.77 bits per heavy atom. The summed E-state index contributed by atoms with van der Waals surface area (Å²) in [5.41, 5.74) is 1.33. The molecule has 0 radical (unpaired) electrons. The zero-order valence-electron chi connectivity index (χ0n) is 16.1. The van der Waals surface area contributed by atoms with Crippen molar-refractivity contribution in [1.29, 1.82) is 0 Å². The zero-order chi connectivity index (χ0) is 18.9.